The lowest BCUT2D eigenvalue weighted by Gasteiger charge is -2.18. The van der Waals surface area contributed by atoms with Crippen LogP contribution in [0.1, 0.15) is 39.0 Å². The lowest BCUT2D eigenvalue weighted by Crippen LogP contribution is -2.32. The Bertz CT molecular complexity index is 686. The van der Waals surface area contributed by atoms with Gasteiger partial charge in [0.05, 0.1) is 17.3 Å². The maximum atomic E-state index is 14.3. The van der Waals surface area contributed by atoms with E-state index in [2.05, 4.69) is 0 Å². The van der Waals surface area contributed by atoms with Crippen LogP contribution in [0, 0.1) is 5.82 Å². The summed E-state index contributed by atoms with van der Waals surface area (Å²) in [6, 6.07) is 2.42. The molecule has 0 saturated carbocycles. The van der Waals surface area contributed by atoms with Gasteiger partial charge in [0.25, 0.3) is 11.8 Å². The van der Waals surface area contributed by atoms with Crippen molar-refractivity contribution in [3.05, 3.63) is 34.1 Å². The van der Waals surface area contributed by atoms with E-state index in [0.29, 0.717) is 30.6 Å². The van der Waals surface area contributed by atoms with Crippen LogP contribution in [0.15, 0.2) is 23.3 Å². The van der Waals surface area contributed by atoms with Crippen LogP contribution in [0.25, 0.3) is 0 Å². The molecule has 0 spiro atoms. The van der Waals surface area contributed by atoms with E-state index < -0.39 is 17.6 Å². The van der Waals surface area contributed by atoms with E-state index in [1.165, 1.54) is 6.07 Å². The minimum atomic E-state index is -0.708. The molecule has 2 amide bonds. The number of ether oxygens (including phenoxy) is 1. The van der Waals surface area contributed by atoms with Gasteiger partial charge in [-0.1, -0.05) is 18.5 Å². The van der Waals surface area contributed by atoms with Crippen molar-refractivity contribution < 1.29 is 18.7 Å². The number of carbonyl (C=O) groups excluding carboxylic acids is 2. The molecule has 0 fully saturated rings. The van der Waals surface area contributed by atoms with Crippen LogP contribution in [0.5, 0.6) is 5.75 Å². The second-order valence-corrected chi connectivity index (χ2v) is 6.10. The largest absolute Gasteiger partial charge is 0.492 e. The summed E-state index contributed by atoms with van der Waals surface area (Å²) in [5, 5.41) is 0.122. The van der Waals surface area contributed by atoms with Gasteiger partial charge in [0, 0.05) is 17.2 Å². The third-order valence-electron chi connectivity index (χ3n) is 4.09. The zero-order chi connectivity index (χ0) is 16.6. The molecule has 1 aliphatic carbocycles. The van der Waals surface area contributed by atoms with Crippen LogP contribution in [0.3, 0.4) is 0 Å². The van der Waals surface area contributed by atoms with Gasteiger partial charge in [0.1, 0.15) is 11.6 Å². The van der Waals surface area contributed by atoms with Crippen molar-refractivity contribution >= 4 is 29.1 Å². The standard InChI is InChI=1S/C17H17ClFNO3/c1-2-7-23-15-9-14(13(19)8-12(15)18)20-16(21)10-5-3-4-6-11(10)17(20)22/h8-9H,2-7H2,1H3. The molecule has 122 valence electrons. The van der Waals surface area contributed by atoms with Gasteiger partial charge in [-0.25, -0.2) is 9.29 Å². The first-order chi connectivity index (χ1) is 11.0. The highest BCUT2D eigenvalue weighted by Gasteiger charge is 2.41. The number of nitrogens with zero attached hydrogens (tertiary/aromatic N) is 1. The molecule has 0 atom stereocenters. The molecule has 0 aromatic heterocycles. The number of rotatable bonds is 4. The van der Waals surface area contributed by atoms with E-state index >= 15 is 0 Å². The molecular formula is C17H17ClFNO3. The summed E-state index contributed by atoms with van der Waals surface area (Å²) in [6.45, 7) is 2.35. The number of benzene rings is 1. The number of halogens is 2. The fourth-order valence-corrected chi connectivity index (χ4v) is 3.18. The van der Waals surface area contributed by atoms with E-state index in [9.17, 15) is 14.0 Å². The third-order valence-corrected chi connectivity index (χ3v) is 4.39. The van der Waals surface area contributed by atoms with Crippen LogP contribution in [0.2, 0.25) is 5.02 Å². The molecule has 0 unspecified atom stereocenters. The minimum Gasteiger partial charge on any atom is -0.492 e. The van der Waals surface area contributed by atoms with Crippen molar-refractivity contribution in [2.45, 2.75) is 39.0 Å². The van der Waals surface area contributed by atoms with E-state index in [0.717, 1.165) is 30.2 Å². The van der Waals surface area contributed by atoms with Gasteiger partial charge in [-0.2, -0.15) is 0 Å². The fourth-order valence-electron chi connectivity index (χ4n) is 2.97. The van der Waals surface area contributed by atoms with Gasteiger partial charge >= 0.3 is 0 Å². The highest BCUT2D eigenvalue weighted by Crippen LogP contribution is 2.39. The van der Waals surface area contributed by atoms with Crippen molar-refractivity contribution in [1.82, 2.24) is 0 Å². The first-order valence-electron chi connectivity index (χ1n) is 7.77. The normalized spacial score (nSPS) is 17.8. The Morgan fingerprint density at radius 3 is 2.35 bits per heavy atom. The number of carbonyl (C=O) groups is 2. The molecule has 3 rings (SSSR count). The lowest BCUT2D eigenvalue weighted by molar-refractivity contribution is -0.120. The monoisotopic (exact) mass is 337 g/mol. The van der Waals surface area contributed by atoms with Crippen LogP contribution in [-0.4, -0.2) is 18.4 Å². The molecule has 4 nitrogen and oxygen atoms in total. The summed E-state index contributed by atoms with van der Waals surface area (Å²) in [7, 11) is 0. The Balaban J connectivity index is 1.99. The Hall–Kier alpha value is -1.88. The zero-order valence-corrected chi connectivity index (χ0v) is 13.6. The number of hydrogen-bond acceptors (Lipinski definition) is 3. The average Bonchev–Trinajstić information content (AvgIpc) is 2.79. The summed E-state index contributed by atoms with van der Waals surface area (Å²) in [6.07, 6.45) is 3.66. The summed E-state index contributed by atoms with van der Waals surface area (Å²) >= 11 is 5.97. The van der Waals surface area contributed by atoms with Crippen LogP contribution in [-0.2, 0) is 9.59 Å². The predicted octanol–water partition coefficient (Wildman–Crippen LogP) is 4.01. The molecule has 0 N–H and O–H groups in total. The smallest absolute Gasteiger partial charge is 0.261 e. The predicted molar refractivity (Wildman–Crippen MR) is 85.2 cm³/mol. The van der Waals surface area contributed by atoms with Crippen molar-refractivity contribution in [1.29, 1.82) is 0 Å². The Morgan fingerprint density at radius 1 is 1.17 bits per heavy atom. The Kier molecular flexibility index (Phi) is 4.39. The number of imide groups is 1. The number of amides is 2. The molecular weight excluding hydrogens is 321 g/mol. The van der Waals surface area contributed by atoms with E-state index in [1.54, 1.807) is 0 Å². The molecule has 6 heteroatoms. The lowest BCUT2D eigenvalue weighted by atomic mass is 9.93. The van der Waals surface area contributed by atoms with Crippen molar-refractivity contribution in [2.75, 3.05) is 11.5 Å². The maximum Gasteiger partial charge on any atom is 0.261 e. The van der Waals surface area contributed by atoms with Crippen molar-refractivity contribution in [3.63, 3.8) is 0 Å². The van der Waals surface area contributed by atoms with Crippen LogP contribution < -0.4 is 9.64 Å². The second-order valence-electron chi connectivity index (χ2n) is 5.69. The average molecular weight is 338 g/mol. The summed E-state index contributed by atoms with van der Waals surface area (Å²) < 4.78 is 19.8. The highest BCUT2D eigenvalue weighted by molar-refractivity contribution is 6.34. The van der Waals surface area contributed by atoms with Crippen LogP contribution in [0.4, 0.5) is 10.1 Å². The van der Waals surface area contributed by atoms with Crippen LogP contribution >= 0.6 is 11.6 Å². The molecule has 2 aliphatic rings. The molecule has 0 bridgehead atoms. The second kappa shape index (κ2) is 6.32. The third kappa shape index (κ3) is 2.74. The number of anilines is 1. The van der Waals surface area contributed by atoms with Gasteiger partial charge in [0.2, 0.25) is 0 Å². The molecule has 1 aromatic rings. The van der Waals surface area contributed by atoms with Crippen molar-refractivity contribution in [2.24, 2.45) is 0 Å². The van der Waals surface area contributed by atoms with E-state index in [4.69, 9.17) is 16.3 Å². The molecule has 1 aliphatic heterocycles. The first kappa shape index (κ1) is 16.0. The molecule has 0 saturated heterocycles. The van der Waals surface area contributed by atoms with Gasteiger partial charge in [-0.15, -0.1) is 0 Å². The topological polar surface area (TPSA) is 46.6 Å². The number of hydrogen-bond donors (Lipinski definition) is 0. The Morgan fingerprint density at radius 2 is 1.78 bits per heavy atom. The summed E-state index contributed by atoms with van der Waals surface area (Å²) in [5.74, 6) is -1.28. The first-order valence-corrected chi connectivity index (χ1v) is 8.15. The van der Waals surface area contributed by atoms with E-state index in [1.807, 2.05) is 6.92 Å². The maximum absolute atomic E-state index is 14.3. The van der Waals surface area contributed by atoms with Gasteiger partial charge < -0.3 is 4.74 Å². The minimum absolute atomic E-state index is 0.0927. The Labute approximate surface area is 138 Å². The van der Waals surface area contributed by atoms with E-state index in [-0.39, 0.29) is 16.5 Å². The van der Waals surface area contributed by atoms with Gasteiger partial charge in [-0.05, 0) is 38.2 Å². The quantitative estimate of drug-likeness (QED) is 0.780. The van der Waals surface area contributed by atoms with Gasteiger partial charge in [0.15, 0.2) is 0 Å². The summed E-state index contributed by atoms with van der Waals surface area (Å²) in [5.41, 5.74) is 0.947. The molecule has 1 heterocycles. The fraction of sp³-hybridized carbons (Fsp3) is 0.412. The summed E-state index contributed by atoms with van der Waals surface area (Å²) in [4.78, 5) is 26.0. The van der Waals surface area contributed by atoms with Crippen molar-refractivity contribution in [3.8, 4) is 5.75 Å². The molecule has 0 radical (unpaired) electrons. The highest BCUT2D eigenvalue weighted by atomic mass is 35.5. The SMILES string of the molecule is CCCOc1cc(N2C(=O)C3=C(CCCC3)C2=O)c(F)cc1Cl. The molecule has 23 heavy (non-hydrogen) atoms. The van der Waals surface area contributed by atoms with Gasteiger partial charge in [-0.3, -0.25) is 9.59 Å². The molecule has 1 aromatic carbocycles. The zero-order valence-electron chi connectivity index (χ0n) is 12.8.